The largest absolute Gasteiger partial charge is 0.416 e. The molecule has 4 nitrogen and oxygen atoms in total. The fourth-order valence-electron chi connectivity index (χ4n) is 0.862. The molecule has 0 aliphatic carbocycles. The van der Waals surface area contributed by atoms with Crippen LogP contribution >= 0.6 is 0 Å². The number of urea groups is 1. The van der Waals surface area contributed by atoms with Crippen LogP contribution in [0.3, 0.4) is 0 Å². The van der Waals surface area contributed by atoms with Gasteiger partial charge in [0.25, 0.3) is 0 Å². The minimum absolute atomic E-state index is 0.304. The van der Waals surface area contributed by atoms with Gasteiger partial charge in [-0.05, 0) is 12.1 Å². The molecule has 0 radical (unpaired) electrons. The van der Waals surface area contributed by atoms with E-state index in [1.54, 1.807) is 0 Å². The molecule has 1 aromatic heterocycles. The zero-order valence-electron chi connectivity index (χ0n) is 8.05. The number of hydrogen-bond donors (Lipinski definition) is 1. The summed E-state index contributed by atoms with van der Waals surface area (Å²) in [5, 5.41) is 1.55. The molecule has 0 fully saturated rings. The van der Waals surface area contributed by atoms with E-state index >= 15 is 0 Å². The summed E-state index contributed by atoms with van der Waals surface area (Å²) in [6.45, 7) is 0. The van der Waals surface area contributed by atoms with Crippen molar-refractivity contribution < 1.29 is 22.4 Å². The zero-order chi connectivity index (χ0) is 12.3. The van der Waals surface area contributed by atoms with Crippen LogP contribution in [-0.2, 0) is 6.18 Å². The van der Waals surface area contributed by atoms with E-state index in [0.29, 0.717) is 6.07 Å². The molecule has 88 valence electrons. The van der Waals surface area contributed by atoms with Gasteiger partial charge in [-0.1, -0.05) is 4.48 Å². The van der Waals surface area contributed by atoms with Gasteiger partial charge in [-0.3, -0.25) is 5.32 Å². The minimum atomic E-state index is -4.54. The van der Waals surface area contributed by atoms with Gasteiger partial charge in [0.1, 0.15) is 5.82 Å². The number of hydrogen-bond acceptors (Lipinski definition) is 2. The molecule has 0 unspecified atom stereocenters. The normalized spacial score (nSPS) is 11.1. The van der Waals surface area contributed by atoms with Gasteiger partial charge in [0.15, 0.2) is 0 Å². The number of rotatable bonds is 1. The number of anilines is 1. The number of pyridine rings is 1. The SMILES string of the molecule is CN(F)C(=O)Nc1cc(C(F)(F)F)ccn1. The highest BCUT2D eigenvalue weighted by Gasteiger charge is 2.30. The van der Waals surface area contributed by atoms with Crippen LogP contribution < -0.4 is 5.32 Å². The Kier molecular flexibility index (Phi) is 3.31. The average Bonchev–Trinajstić information content (AvgIpc) is 2.16. The molecule has 0 aromatic carbocycles. The lowest BCUT2D eigenvalue weighted by molar-refractivity contribution is -0.137. The first-order chi connectivity index (χ1) is 7.30. The fourth-order valence-corrected chi connectivity index (χ4v) is 0.862. The van der Waals surface area contributed by atoms with Gasteiger partial charge in [0.05, 0.1) is 5.56 Å². The fraction of sp³-hybridized carbons (Fsp3) is 0.250. The Morgan fingerprint density at radius 2 is 2.12 bits per heavy atom. The molecule has 0 atom stereocenters. The Morgan fingerprint density at radius 1 is 1.50 bits per heavy atom. The van der Waals surface area contributed by atoms with E-state index < -0.39 is 17.8 Å². The summed E-state index contributed by atoms with van der Waals surface area (Å²) in [5.74, 6) is -0.371. The highest BCUT2D eigenvalue weighted by atomic mass is 19.4. The van der Waals surface area contributed by atoms with Crippen LogP contribution in [-0.4, -0.2) is 23.2 Å². The average molecular weight is 237 g/mol. The van der Waals surface area contributed by atoms with E-state index in [9.17, 15) is 22.4 Å². The number of halogens is 4. The number of carbonyl (C=O) groups excluding carboxylic acids is 1. The maximum Gasteiger partial charge on any atom is 0.416 e. The van der Waals surface area contributed by atoms with E-state index in [-0.39, 0.29) is 10.9 Å². The molecule has 0 saturated heterocycles. The van der Waals surface area contributed by atoms with Gasteiger partial charge in [-0.2, -0.15) is 18.3 Å². The van der Waals surface area contributed by atoms with Gasteiger partial charge >= 0.3 is 12.2 Å². The first kappa shape index (κ1) is 12.2. The number of aromatic nitrogens is 1. The summed E-state index contributed by atoms with van der Waals surface area (Å²) >= 11 is 0. The van der Waals surface area contributed by atoms with Crippen LogP contribution in [0.1, 0.15) is 5.56 Å². The predicted molar refractivity (Wildman–Crippen MR) is 47.1 cm³/mol. The number of alkyl halides is 3. The third-order valence-corrected chi connectivity index (χ3v) is 1.60. The predicted octanol–water partition coefficient (Wildman–Crippen LogP) is 2.45. The summed E-state index contributed by atoms with van der Waals surface area (Å²) in [7, 11) is 0.808. The van der Waals surface area contributed by atoms with Crippen LogP contribution in [0.15, 0.2) is 18.3 Å². The molecule has 1 aromatic rings. The molecule has 16 heavy (non-hydrogen) atoms. The third kappa shape index (κ3) is 3.07. The van der Waals surface area contributed by atoms with Crippen molar-refractivity contribution in [1.82, 2.24) is 10.1 Å². The van der Waals surface area contributed by atoms with Crippen molar-refractivity contribution in [2.75, 3.05) is 12.4 Å². The summed E-state index contributed by atoms with van der Waals surface area (Å²) in [5.41, 5.74) is -0.973. The van der Waals surface area contributed by atoms with Crippen molar-refractivity contribution in [3.63, 3.8) is 0 Å². The van der Waals surface area contributed by atoms with Crippen molar-refractivity contribution in [2.24, 2.45) is 0 Å². The monoisotopic (exact) mass is 237 g/mol. The molecular formula is C8H7F4N3O. The highest BCUT2D eigenvalue weighted by Crippen LogP contribution is 2.29. The molecular weight excluding hydrogens is 230 g/mol. The summed E-state index contributed by atoms with van der Waals surface area (Å²) in [4.78, 5) is 14.2. The van der Waals surface area contributed by atoms with Gasteiger partial charge in [0, 0.05) is 13.2 Å². The Bertz CT molecular complexity index is 391. The van der Waals surface area contributed by atoms with Gasteiger partial charge < -0.3 is 0 Å². The van der Waals surface area contributed by atoms with Crippen LogP contribution in [0.4, 0.5) is 28.3 Å². The number of carbonyl (C=O) groups is 1. The second-order valence-corrected chi connectivity index (χ2v) is 2.83. The van der Waals surface area contributed by atoms with Crippen molar-refractivity contribution in [3.05, 3.63) is 23.9 Å². The van der Waals surface area contributed by atoms with E-state index in [4.69, 9.17) is 0 Å². The maximum atomic E-state index is 12.3. The lowest BCUT2D eigenvalue weighted by atomic mass is 10.2. The van der Waals surface area contributed by atoms with E-state index in [2.05, 4.69) is 4.98 Å². The molecule has 1 N–H and O–H groups in total. The summed E-state index contributed by atoms with van der Waals surface area (Å²) < 4.78 is 49.0. The Balaban J connectivity index is 2.88. The van der Waals surface area contributed by atoms with Gasteiger partial charge in [-0.15, -0.1) is 0 Å². The number of nitrogens with one attached hydrogen (secondary N) is 1. The van der Waals surface area contributed by atoms with Crippen molar-refractivity contribution in [3.8, 4) is 0 Å². The Labute approximate surface area is 87.8 Å². The first-order valence-electron chi connectivity index (χ1n) is 4.04. The standard InChI is InChI=1S/C8H7F4N3O/c1-15(12)7(16)14-6-4-5(2-3-13-6)8(9,10)11/h2-4H,1H3,(H,13,14,16). The van der Waals surface area contributed by atoms with Crippen molar-refractivity contribution in [2.45, 2.75) is 6.18 Å². The third-order valence-electron chi connectivity index (χ3n) is 1.60. The van der Waals surface area contributed by atoms with E-state index in [0.717, 1.165) is 19.3 Å². The van der Waals surface area contributed by atoms with Crippen LogP contribution in [0.2, 0.25) is 0 Å². The Morgan fingerprint density at radius 3 is 2.62 bits per heavy atom. The Hall–Kier alpha value is -1.86. The molecule has 0 bridgehead atoms. The van der Waals surface area contributed by atoms with E-state index in [1.165, 1.54) is 0 Å². The molecule has 1 rings (SSSR count). The highest BCUT2D eigenvalue weighted by molar-refractivity contribution is 5.87. The molecule has 1 heterocycles. The molecule has 0 aliphatic rings. The second kappa shape index (κ2) is 4.33. The molecule has 0 saturated carbocycles. The maximum absolute atomic E-state index is 12.3. The molecule has 8 heteroatoms. The molecule has 0 spiro atoms. The van der Waals surface area contributed by atoms with E-state index in [1.807, 2.05) is 5.32 Å². The van der Waals surface area contributed by atoms with Crippen molar-refractivity contribution in [1.29, 1.82) is 0 Å². The van der Waals surface area contributed by atoms with Gasteiger partial charge in [-0.25, -0.2) is 9.78 Å². The summed E-state index contributed by atoms with van der Waals surface area (Å²) in [6, 6.07) is 0.155. The zero-order valence-corrected chi connectivity index (χ0v) is 8.05. The van der Waals surface area contributed by atoms with Crippen LogP contribution in [0.25, 0.3) is 0 Å². The van der Waals surface area contributed by atoms with Crippen LogP contribution in [0.5, 0.6) is 0 Å². The van der Waals surface area contributed by atoms with Gasteiger partial charge in [0.2, 0.25) is 0 Å². The summed E-state index contributed by atoms with van der Waals surface area (Å²) in [6.07, 6.45) is -3.67. The molecule has 0 aliphatic heterocycles. The minimum Gasteiger partial charge on any atom is -0.290 e. The number of amides is 2. The lowest BCUT2D eigenvalue weighted by Crippen LogP contribution is -2.24. The second-order valence-electron chi connectivity index (χ2n) is 2.83. The quantitative estimate of drug-likeness (QED) is 0.602. The smallest absolute Gasteiger partial charge is 0.290 e. The topological polar surface area (TPSA) is 45.2 Å². The van der Waals surface area contributed by atoms with Crippen LogP contribution in [0, 0.1) is 0 Å². The lowest BCUT2D eigenvalue weighted by Gasteiger charge is -2.10. The van der Waals surface area contributed by atoms with Crippen molar-refractivity contribution >= 4 is 11.8 Å². The first-order valence-corrected chi connectivity index (χ1v) is 4.04. The molecule has 2 amide bonds. The number of nitrogens with zero attached hydrogens (tertiary/aromatic N) is 2.